The standard InChI is InChI=1S/C11H14ClNO/c1-2-8-13(11(14)9-12)10-6-4-3-5-7-10/h3-7H,2,8-9H2,1H3. The molecule has 1 aromatic rings. The van der Waals surface area contributed by atoms with Gasteiger partial charge >= 0.3 is 0 Å². The van der Waals surface area contributed by atoms with Crippen LogP contribution in [0, 0.1) is 0 Å². The molecule has 0 saturated heterocycles. The van der Waals surface area contributed by atoms with Gasteiger partial charge in [0.15, 0.2) is 0 Å². The number of halogens is 1. The minimum atomic E-state index is -0.0419. The zero-order valence-corrected chi connectivity index (χ0v) is 9.00. The molecule has 0 bridgehead atoms. The van der Waals surface area contributed by atoms with Gasteiger partial charge in [0.1, 0.15) is 5.88 Å². The number of carbonyl (C=O) groups is 1. The highest BCUT2D eigenvalue weighted by Gasteiger charge is 2.12. The fraction of sp³-hybridized carbons (Fsp3) is 0.364. The zero-order chi connectivity index (χ0) is 10.4. The molecule has 0 heterocycles. The third kappa shape index (κ3) is 2.74. The first-order chi connectivity index (χ1) is 6.79. The Balaban J connectivity index is 2.83. The van der Waals surface area contributed by atoms with Crippen LogP contribution in [-0.4, -0.2) is 18.3 Å². The van der Waals surface area contributed by atoms with Gasteiger partial charge in [-0.05, 0) is 18.6 Å². The Morgan fingerprint density at radius 2 is 2.00 bits per heavy atom. The van der Waals surface area contributed by atoms with E-state index in [1.54, 1.807) is 4.90 Å². The molecule has 76 valence electrons. The molecule has 3 heteroatoms. The third-order valence-electron chi connectivity index (χ3n) is 1.93. The second kappa shape index (κ2) is 5.66. The van der Waals surface area contributed by atoms with Crippen LogP contribution in [0.3, 0.4) is 0 Å². The fourth-order valence-electron chi connectivity index (χ4n) is 1.30. The van der Waals surface area contributed by atoms with Gasteiger partial charge in [-0.25, -0.2) is 0 Å². The van der Waals surface area contributed by atoms with E-state index in [1.807, 2.05) is 37.3 Å². The Labute approximate surface area is 89.5 Å². The molecule has 0 aliphatic carbocycles. The summed E-state index contributed by atoms with van der Waals surface area (Å²) in [6.07, 6.45) is 0.928. The molecule has 0 saturated carbocycles. The predicted octanol–water partition coefficient (Wildman–Crippen LogP) is 2.67. The summed E-state index contributed by atoms with van der Waals surface area (Å²) in [6.45, 7) is 2.76. The lowest BCUT2D eigenvalue weighted by atomic mass is 10.2. The molecular formula is C11H14ClNO. The third-order valence-corrected chi connectivity index (χ3v) is 2.16. The van der Waals surface area contributed by atoms with Crippen molar-refractivity contribution in [3.8, 4) is 0 Å². The lowest BCUT2D eigenvalue weighted by Gasteiger charge is -2.20. The summed E-state index contributed by atoms with van der Waals surface area (Å²) in [4.78, 5) is 13.2. The highest BCUT2D eigenvalue weighted by atomic mass is 35.5. The minimum absolute atomic E-state index is 0.0366. The summed E-state index contributed by atoms with van der Waals surface area (Å²) in [6, 6.07) is 9.60. The number of alkyl halides is 1. The lowest BCUT2D eigenvalue weighted by Crippen LogP contribution is -2.32. The van der Waals surface area contributed by atoms with Gasteiger partial charge in [0.2, 0.25) is 5.91 Å². The average molecular weight is 212 g/mol. The van der Waals surface area contributed by atoms with E-state index in [-0.39, 0.29) is 11.8 Å². The Morgan fingerprint density at radius 1 is 1.36 bits per heavy atom. The first kappa shape index (κ1) is 11.1. The zero-order valence-electron chi connectivity index (χ0n) is 8.24. The van der Waals surface area contributed by atoms with Gasteiger partial charge in [0.25, 0.3) is 0 Å². The van der Waals surface area contributed by atoms with Crippen molar-refractivity contribution in [1.29, 1.82) is 0 Å². The molecule has 0 radical (unpaired) electrons. The normalized spacial score (nSPS) is 9.86. The van der Waals surface area contributed by atoms with Crippen LogP contribution in [0.2, 0.25) is 0 Å². The molecule has 1 amide bonds. The van der Waals surface area contributed by atoms with Crippen LogP contribution in [0.1, 0.15) is 13.3 Å². The average Bonchev–Trinajstić information content (AvgIpc) is 2.26. The molecule has 1 rings (SSSR count). The van der Waals surface area contributed by atoms with Crippen LogP contribution >= 0.6 is 11.6 Å². The van der Waals surface area contributed by atoms with Crippen LogP contribution in [0.5, 0.6) is 0 Å². The van der Waals surface area contributed by atoms with E-state index in [0.29, 0.717) is 0 Å². The monoisotopic (exact) mass is 211 g/mol. The van der Waals surface area contributed by atoms with E-state index in [4.69, 9.17) is 11.6 Å². The van der Waals surface area contributed by atoms with E-state index < -0.39 is 0 Å². The van der Waals surface area contributed by atoms with Gasteiger partial charge in [0, 0.05) is 12.2 Å². The molecule has 0 fully saturated rings. The molecule has 1 aromatic carbocycles. The second-order valence-electron chi connectivity index (χ2n) is 3.01. The van der Waals surface area contributed by atoms with E-state index >= 15 is 0 Å². The molecule has 0 unspecified atom stereocenters. The first-order valence-corrected chi connectivity index (χ1v) is 5.24. The number of nitrogens with zero attached hydrogens (tertiary/aromatic N) is 1. The fourth-order valence-corrected chi connectivity index (χ4v) is 1.45. The molecule has 0 spiro atoms. The maximum atomic E-state index is 11.5. The molecule has 0 atom stereocenters. The van der Waals surface area contributed by atoms with Crippen molar-refractivity contribution >= 4 is 23.2 Å². The largest absolute Gasteiger partial charge is 0.311 e. The summed E-state index contributed by atoms with van der Waals surface area (Å²) in [5.74, 6) is -0.00533. The topological polar surface area (TPSA) is 20.3 Å². The number of benzene rings is 1. The number of hydrogen-bond donors (Lipinski definition) is 0. The van der Waals surface area contributed by atoms with Crippen molar-refractivity contribution in [1.82, 2.24) is 0 Å². The quantitative estimate of drug-likeness (QED) is 0.702. The van der Waals surface area contributed by atoms with E-state index in [1.165, 1.54) is 0 Å². The molecule has 0 aliphatic heterocycles. The van der Waals surface area contributed by atoms with Crippen molar-refractivity contribution in [3.05, 3.63) is 30.3 Å². The van der Waals surface area contributed by atoms with E-state index in [2.05, 4.69) is 0 Å². The van der Waals surface area contributed by atoms with Gasteiger partial charge in [0.05, 0.1) is 0 Å². The van der Waals surface area contributed by atoms with Crippen LogP contribution in [0.25, 0.3) is 0 Å². The van der Waals surface area contributed by atoms with Gasteiger partial charge in [-0.1, -0.05) is 25.1 Å². The molecule has 0 aliphatic rings. The predicted molar refractivity (Wildman–Crippen MR) is 59.8 cm³/mol. The molecule has 14 heavy (non-hydrogen) atoms. The maximum Gasteiger partial charge on any atom is 0.241 e. The van der Waals surface area contributed by atoms with Crippen molar-refractivity contribution in [2.24, 2.45) is 0 Å². The number of hydrogen-bond acceptors (Lipinski definition) is 1. The highest BCUT2D eigenvalue weighted by Crippen LogP contribution is 2.14. The highest BCUT2D eigenvalue weighted by molar-refractivity contribution is 6.29. The van der Waals surface area contributed by atoms with E-state index in [0.717, 1.165) is 18.7 Å². The van der Waals surface area contributed by atoms with Crippen LogP contribution in [-0.2, 0) is 4.79 Å². The number of para-hydroxylation sites is 1. The number of rotatable bonds is 4. The Kier molecular flexibility index (Phi) is 4.47. The maximum absolute atomic E-state index is 11.5. The number of carbonyl (C=O) groups excluding carboxylic acids is 1. The van der Waals surface area contributed by atoms with Crippen molar-refractivity contribution in [2.45, 2.75) is 13.3 Å². The molecular weight excluding hydrogens is 198 g/mol. The van der Waals surface area contributed by atoms with Gasteiger partial charge < -0.3 is 4.90 Å². The molecule has 0 N–H and O–H groups in total. The van der Waals surface area contributed by atoms with Gasteiger partial charge in [-0.3, -0.25) is 4.79 Å². The van der Waals surface area contributed by atoms with Crippen LogP contribution in [0.4, 0.5) is 5.69 Å². The summed E-state index contributed by atoms with van der Waals surface area (Å²) in [7, 11) is 0. The Bertz CT molecular complexity index is 287. The SMILES string of the molecule is CCCN(C(=O)CCl)c1ccccc1. The van der Waals surface area contributed by atoms with Crippen molar-refractivity contribution in [2.75, 3.05) is 17.3 Å². The Hall–Kier alpha value is -1.02. The van der Waals surface area contributed by atoms with Gasteiger partial charge in [-0.2, -0.15) is 0 Å². The second-order valence-corrected chi connectivity index (χ2v) is 3.28. The minimum Gasteiger partial charge on any atom is -0.311 e. The smallest absolute Gasteiger partial charge is 0.241 e. The van der Waals surface area contributed by atoms with Gasteiger partial charge in [-0.15, -0.1) is 11.6 Å². The summed E-state index contributed by atoms with van der Waals surface area (Å²) in [5, 5.41) is 0. The molecule has 0 aromatic heterocycles. The number of anilines is 1. The van der Waals surface area contributed by atoms with E-state index in [9.17, 15) is 4.79 Å². The van der Waals surface area contributed by atoms with Crippen molar-refractivity contribution in [3.63, 3.8) is 0 Å². The van der Waals surface area contributed by atoms with Crippen LogP contribution < -0.4 is 4.90 Å². The summed E-state index contributed by atoms with van der Waals surface area (Å²) >= 11 is 5.54. The first-order valence-electron chi connectivity index (χ1n) is 4.71. The Morgan fingerprint density at radius 3 is 2.50 bits per heavy atom. The molecule has 2 nitrogen and oxygen atoms in total. The van der Waals surface area contributed by atoms with Crippen LogP contribution in [0.15, 0.2) is 30.3 Å². The number of amides is 1. The summed E-state index contributed by atoms with van der Waals surface area (Å²) in [5.41, 5.74) is 0.917. The van der Waals surface area contributed by atoms with Crippen molar-refractivity contribution < 1.29 is 4.79 Å². The lowest BCUT2D eigenvalue weighted by molar-refractivity contribution is -0.116. The summed E-state index contributed by atoms with van der Waals surface area (Å²) < 4.78 is 0.